The van der Waals surface area contributed by atoms with Crippen molar-refractivity contribution in [3.05, 3.63) is 0 Å². The first-order chi connectivity index (χ1) is 7.22. The van der Waals surface area contributed by atoms with Crippen LogP contribution in [0.3, 0.4) is 0 Å². The average molecular weight is 246 g/mol. The van der Waals surface area contributed by atoms with Crippen LogP contribution in [-0.2, 0) is 14.6 Å². The van der Waals surface area contributed by atoms with Crippen LogP contribution < -0.4 is 0 Å². The fraction of sp³-hybridized carbons (Fsp3) is 0.917. The third-order valence-corrected chi connectivity index (χ3v) is 6.33. The Kier molecular flexibility index (Phi) is 3.83. The maximum Gasteiger partial charge on any atom is 0.156 e. The Bertz CT molecular complexity index is 343. The number of aldehydes is 1. The first-order valence-corrected chi connectivity index (χ1v) is 7.56. The fourth-order valence-electron chi connectivity index (χ4n) is 2.15. The molecule has 0 aromatic rings. The van der Waals surface area contributed by atoms with Gasteiger partial charge in [0, 0.05) is 5.41 Å². The van der Waals surface area contributed by atoms with Crippen molar-refractivity contribution >= 4 is 16.1 Å². The lowest BCUT2D eigenvalue weighted by Gasteiger charge is -2.34. The molecule has 1 aliphatic rings. The second-order valence-corrected chi connectivity index (χ2v) is 8.66. The maximum atomic E-state index is 12.1. The molecule has 0 amide bonds. The minimum absolute atomic E-state index is 0.0208. The van der Waals surface area contributed by atoms with Gasteiger partial charge in [-0.1, -0.05) is 19.3 Å². The van der Waals surface area contributed by atoms with E-state index in [1.54, 1.807) is 20.8 Å². The summed E-state index contributed by atoms with van der Waals surface area (Å²) < 4.78 is 23.5. The molecule has 0 N–H and O–H groups in total. The third kappa shape index (κ3) is 2.84. The Morgan fingerprint density at radius 3 is 2.00 bits per heavy atom. The predicted octanol–water partition coefficient (Wildman–Crippen LogP) is 2.35. The quantitative estimate of drug-likeness (QED) is 0.718. The molecule has 16 heavy (non-hydrogen) atoms. The Morgan fingerprint density at radius 1 is 1.12 bits per heavy atom. The van der Waals surface area contributed by atoms with Crippen LogP contribution in [0.1, 0.15) is 52.9 Å². The van der Waals surface area contributed by atoms with E-state index >= 15 is 0 Å². The maximum absolute atomic E-state index is 12.1. The molecule has 0 aliphatic heterocycles. The summed E-state index contributed by atoms with van der Waals surface area (Å²) in [6.45, 7) is 5.09. The van der Waals surface area contributed by atoms with Gasteiger partial charge in [0.05, 0.1) is 10.5 Å². The Balaban J connectivity index is 2.89. The number of rotatable bonds is 3. The van der Waals surface area contributed by atoms with Crippen molar-refractivity contribution in [2.45, 2.75) is 57.6 Å². The van der Waals surface area contributed by atoms with E-state index in [2.05, 4.69) is 0 Å². The van der Waals surface area contributed by atoms with Crippen LogP contribution in [0.15, 0.2) is 0 Å². The largest absolute Gasteiger partial charge is 0.303 e. The summed E-state index contributed by atoms with van der Waals surface area (Å²) in [5, 5.41) is 0. The Labute approximate surface area is 98.5 Å². The zero-order valence-corrected chi connectivity index (χ0v) is 11.3. The van der Waals surface area contributed by atoms with E-state index in [-0.39, 0.29) is 5.75 Å². The van der Waals surface area contributed by atoms with Gasteiger partial charge in [-0.15, -0.1) is 0 Å². The van der Waals surface area contributed by atoms with Crippen molar-refractivity contribution in [2.24, 2.45) is 5.41 Å². The molecule has 0 spiro atoms. The van der Waals surface area contributed by atoms with Crippen LogP contribution in [0.5, 0.6) is 0 Å². The number of hydrogen-bond donors (Lipinski definition) is 0. The minimum Gasteiger partial charge on any atom is -0.303 e. The molecule has 0 atom stereocenters. The smallest absolute Gasteiger partial charge is 0.156 e. The van der Waals surface area contributed by atoms with Gasteiger partial charge in [0.2, 0.25) is 0 Å². The van der Waals surface area contributed by atoms with Gasteiger partial charge >= 0.3 is 0 Å². The van der Waals surface area contributed by atoms with E-state index in [1.807, 2.05) is 0 Å². The molecule has 1 fully saturated rings. The van der Waals surface area contributed by atoms with E-state index in [9.17, 15) is 13.2 Å². The highest BCUT2D eigenvalue weighted by molar-refractivity contribution is 7.92. The third-order valence-electron chi connectivity index (χ3n) is 3.51. The SMILES string of the molecule is CC(C)(C)S(=O)(=O)CC1(C=O)CCCCC1. The van der Waals surface area contributed by atoms with Crippen LogP contribution in [0.4, 0.5) is 0 Å². The molecule has 0 aromatic heterocycles. The zero-order valence-electron chi connectivity index (χ0n) is 10.5. The molecule has 1 aliphatic carbocycles. The summed E-state index contributed by atoms with van der Waals surface area (Å²) in [5.74, 6) is 0.0208. The van der Waals surface area contributed by atoms with Gasteiger partial charge in [-0.05, 0) is 33.6 Å². The zero-order chi connectivity index (χ0) is 12.4. The molecule has 1 saturated carbocycles. The van der Waals surface area contributed by atoms with Crippen molar-refractivity contribution in [1.82, 2.24) is 0 Å². The van der Waals surface area contributed by atoms with E-state index in [1.165, 1.54) is 0 Å². The molecule has 0 heterocycles. The van der Waals surface area contributed by atoms with Crippen molar-refractivity contribution in [1.29, 1.82) is 0 Å². The molecule has 1 rings (SSSR count). The van der Waals surface area contributed by atoms with Gasteiger partial charge < -0.3 is 4.79 Å². The molecule has 0 radical (unpaired) electrons. The highest BCUT2D eigenvalue weighted by Crippen LogP contribution is 2.37. The topological polar surface area (TPSA) is 51.2 Å². The number of hydrogen-bond acceptors (Lipinski definition) is 3. The Morgan fingerprint density at radius 2 is 1.62 bits per heavy atom. The predicted molar refractivity (Wildman–Crippen MR) is 65.1 cm³/mol. The van der Waals surface area contributed by atoms with Crippen molar-refractivity contribution < 1.29 is 13.2 Å². The van der Waals surface area contributed by atoms with Crippen molar-refractivity contribution in [3.63, 3.8) is 0 Å². The lowest BCUT2D eigenvalue weighted by atomic mass is 9.77. The van der Waals surface area contributed by atoms with Crippen LogP contribution in [0.2, 0.25) is 0 Å². The lowest BCUT2D eigenvalue weighted by molar-refractivity contribution is -0.116. The fourth-order valence-corrected chi connectivity index (χ4v) is 3.69. The van der Waals surface area contributed by atoms with Crippen LogP contribution >= 0.6 is 0 Å². The molecular weight excluding hydrogens is 224 g/mol. The summed E-state index contributed by atoms with van der Waals surface area (Å²) >= 11 is 0. The van der Waals surface area contributed by atoms with Gasteiger partial charge in [-0.25, -0.2) is 8.42 Å². The molecule has 3 nitrogen and oxygen atoms in total. The molecule has 94 valence electrons. The minimum atomic E-state index is -3.20. The standard InChI is InChI=1S/C12H22O3S/c1-11(2,3)16(14,15)10-12(9-13)7-5-4-6-8-12/h9H,4-8,10H2,1-3H3. The second kappa shape index (κ2) is 4.47. The molecular formula is C12H22O3S. The monoisotopic (exact) mass is 246 g/mol. The number of carbonyl (C=O) groups excluding carboxylic acids is 1. The normalized spacial score (nSPS) is 21.7. The summed E-state index contributed by atoms with van der Waals surface area (Å²) in [4.78, 5) is 11.2. The van der Waals surface area contributed by atoms with Crippen LogP contribution in [0, 0.1) is 5.41 Å². The lowest BCUT2D eigenvalue weighted by Crippen LogP contribution is -2.40. The van der Waals surface area contributed by atoms with Crippen molar-refractivity contribution in [3.8, 4) is 0 Å². The summed E-state index contributed by atoms with van der Waals surface area (Å²) in [6.07, 6.45) is 5.40. The Hall–Kier alpha value is -0.380. The number of sulfone groups is 1. The molecule has 0 unspecified atom stereocenters. The van der Waals surface area contributed by atoms with Gasteiger partial charge in [-0.3, -0.25) is 0 Å². The molecule has 0 aromatic carbocycles. The summed E-state index contributed by atoms with van der Waals surface area (Å²) in [5.41, 5.74) is -0.607. The van der Waals surface area contributed by atoms with Gasteiger partial charge in [0.15, 0.2) is 9.84 Å². The highest BCUT2D eigenvalue weighted by Gasteiger charge is 2.40. The van der Waals surface area contributed by atoms with E-state index < -0.39 is 20.0 Å². The van der Waals surface area contributed by atoms with Gasteiger partial charge in [0.1, 0.15) is 6.29 Å². The first kappa shape index (κ1) is 13.7. The molecule has 0 bridgehead atoms. The van der Waals surface area contributed by atoms with Gasteiger partial charge in [0.25, 0.3) is 0 Å². The van der Waals surface area contributed by atoms with E-state index in [0.29, 0.717) is 0 Å². The highest BCUT2D eigenvalue weighted by atomic mass is 32.2. The first-order valence-electron chi connectivity index (χ1n) is 5.91. The van der Waals surface area contributed by atoms with Crippen molar-refractivity contribution in [2.75, 3.05) is 5.75 Å². The van der Waals surface area contributed by atoms with E-state index in [0.717, 1.165) is 38.4 Å². The molecule has 4 heteroatoms. The van der Waals surface area contributed by atoms with Crippen LogP contribution in [0.25, 0.3) is 0 Å². The van der Waals surface area contributed by atoms with E-state index in [4.69, 9.17) is 0 Å². The van der Waals surface area contributed by atoms with Crippen LogP contribution in [-0.4, -0.2) is 25.2 Å². The number of carbonyl (C=O) groups is 1. The summed E-state index contributed by atoms with van der Waals surface area (Å²) in [6, 6.07) is 0. The van der Waals surface area contributed by atoms with Gasteiger partial charge in [-0.2, -0.15) is 0 Å². The average Bonchev–Trinajstić information content (AvgIpc) is 2.17. The molecule has 0 saturated heterocycles. The summed E-state index contributed by atoms with van der Waals surface area (Å²) in [7, 11) is -3.20. The second-order valence-electron chi connectivity index (χ2n) is 5.91.